The summed E-state index contributed by atoms with van der Waals surface area (Å²) in [7, 11) is 0. The number of carbonyl (C=O) groups is 2. The van der Waals surface area contributed by atoms with Gasteiger partial charge in [0.25, 0.3) is 5.91 Å². The number of nitrogens with zero attached hydrogens (tertiary/aromatic N) is 1. The van der Waals surface area contributed by atoms with Crippen molar-refractivity contribution in [3.8, 4) is 5.75 Å². The average Bonchev–Trinajstić information content (AvgIpc) is 2.30. The molecule has 2 rings (SSSR count). The lowest BCUT2D eigenvalue weighted by atomic mass is 10.2. The number of hydrogen-bond donors (Lipinski definition) is 1. The summed E-state index contributed by atoms with van der Waals surface area (Å²) in [6.45, 7) is 2.56. The van der Waals surface area contributed by atoms with Crippen LogP contribution in [0.2, 0.25) is 0 Å². The molecule has 1 N–H and O–H groups in total. The molecule has 0 saturated heterocycles. The van der Waals surface area contributed by atoms with E-state index in [1.807, 2.05) is 6.92 Å². The lowest BCUT2D eigenvalue weighted by molar-refractivity contribution is -0.121. The van der Waals surface area contributed by atoms with E-state index in [2.05, 4.69) is 5.32 Å². The first-order valence-electron chi connectivity index (χ1n) is 5.03. The molecular formula is C11H12N2O3. The number of rotatable bonds is 3. The van der Waals surface area contributed by atoms with Gasteiger partial charge in [-0.1, -0.05) is 0 Å². The van der Waals surface area contributed by atoms with Gasteiger partial charge in [0.1, 0.15) is 5.75 Å². The third-order valence-electron chi connectivity index (χ3n) is 2.44. The van der Waals surface area contributed by atoms with E-state index in [9.17, 15) is 9.59 Å². The van der Waals surface area contributed by atoms with E-state index >= 15 is 0 Å². The smallest absolute Gasteiger partial charge is 0.265 e. The van der Waals surface area contributed by atoms with Crippen molar-refractivity contribution in [2.75, 3.05) is 23.4 Å². The zero-order chi connectivity index (χ0) is 11.5. The lowest BCUT2D eigenvalue weighted by Crippen LogP contribution is -2.38. The molecule has 0 unspecified atom stereocenters. The van der Waals surface area contributed by atoms with E-state index < -0.39 is 0 Å². The Kier molecular flexibility index (Phi) is 2.76. The molecule has 0 saturated carbocycles. The van der Waals surface area contributed by atoms with E-state index in [1.54, 1.807) is 23.1 Å². The third kappa shape index (κ3) is 1.71. The van der Waals surface area contributed by atoms with E-state index in [4.69, 9.17) is 4.74 Å². The molecule has 1 aliphatic rings. The first-order chi connectivity index (χ1) is 7.76. The van der Waals surface area contributed by atoms with Crippen LogP contribution in [0.3, 0.4) is 0 Å². The summed E-state index contributed by atoms with van der Waals surface area (Å²) in [5, 5.41) is 2.54. The predicted octanol–water partition coefficient (Wildman–Crippen LogP) is 1.00. The van der Waals surface area contributed by atoms with Gasteiger partial charge in [-0.25, -0.2) is 0 Å². The second-order valence-corrected chi connectivity index (χ2v) is 3.37. The number of nitrogens with one attached hydrogen (secondary N) is 1. The number of likely N-dealkylation sites (N-methyl/N-ethyl adjacent to an activating group) is 1. The molecule has 1 heterocycles. The summed E-state index contributed by atoms with van der Waals surface area (Å²) in [5.74, 6) is 0.569. The maximum atomic E-state index is 11.5. The van der Waals surface area contributed by atoms with Gasteiger partial charge >= 0.3 is 0 Å². The molecule has 0 spiro atoms. The van der Waals surface area contributed by atoms with Gasteiger partial charge in [-0.3, -0.25) is 9.59 Å². The topological polar surface area (TPSA) is 58.6 Å². The second-order valence-electron chi connectivity index (χ2n) is 3.37. The van der Waals surface area contributed by atoms with Gasteiger partial charge in [-0.2, -0.15) is 0 Å². The predicted molar refractivity (Wildman–Crippen MR) is 59.7 cm³/mol. The Hall–Kier alpha value is -2.04. The largest absolute Gasteiger partial charge is 0.481 e. The van der Waals surface area contributed by atoms with Crippen molar-refractivity contribution in [1.82, 2.24) is 0 Å². The van der Waals surface area contributed by atoms with Crippen molar-refractivity contribution in [3.63, 3.8) is 0 Å². The van der Waals surface area contributed by atoms with Crippen LogP contribution in [-0.2, 0) is 9.59 Å². The number of hydrogen-bond acceptors (Lipinski definition) is 3. The van der Waals surface area contributed by atoms with Crippen molar-refractivity contribution in [2.24, 2.45) is 0 Å². The fourth-order valence-corrected chi connectivity index (χ4v) is 1.71. The summed E-state index contributed by atoms with van der Waals surface area (Å²) >= 11 is 0. The van der Waals surface area contributed by atoms with Crippen molar-refractivity contribution in [3.05, 3.63) is 18.2 Å². The highest BCUT2D eigenvalue weighted by molar-refractivity contribution is 5.98. The molecule has 0 fully saturated rings. The highest BCUT2D eigenvalue weighted by atomic mass is 16.5. The van der Waals surface area contributed by atoms with Crippen molar-refractivity contribution in [1.29, 1.82) is 0 Å². The molecule has 0 aliphatic carbocycles. The average molecular weight is 220 g/mol. The SMILES string of the molecule is CCN1C(=O)COc2cc(NC=O)ccc21. The monoisotopic (exact) mass is 220 g/mol. The fraction of sp³-hybridized carbons (Fsp3) is 0.273. The Bertz CT molecular complexity index is 431. The van der Waals surface area contributed by atoms with E-state index in [1.165, 1.54) is 0 Å². The minimum atomic E-state index is -0.0499. The molecule has 0 atom stereocenters. The normalized spacial score (nSPS) is 14.1. The Morgan fingerprint density at radius 2 is 2.38 bits per heavy atom. The van der Waals surface area contributed by atoms with Crippen LogP contribution in [0.4, 0.5) is 11.4 Å². The molecule has 5 heteroatoms. The van der Waals surface area contributed by atoms with Crippen molar-refractivity contribution >= 4 is 23.7 Å². The molecule has 1 aromatic rings. The van der Waals surface area contributed by atoms with Crippen molar-refractivity contribution < 1.29 is 14.3 Å². The maximum Gasteiger partial charge on any atom is 0.265 e. The second kappa shape index (κ2) is 4.22. The van der Waals surface area contributed by atoms with Crippen LogP contribution in [0.1, 0.15) is 6.92 Å². The van der Waals surface area contributed by atoms with Gasteiger partial charge in [0, 0.05) is 18.3 Å². The van der Waals surface area contributed by atoms with E-state index in [0.29, 0.717) is 24.4 Å². The molecule has 2 amide bonds. The minimum Gasteiger partial charge on any atom is -0.481 e. The van der Waals surface area contributed by atoms with Gasteiger partial charge < -0.3 is 15.0 Å². The lowest BCUT2D eigenvalue weighted by Gasteiger charge is -2.28. The molecule has 0 radical (unpaired) electrons. The zero-order valence-electron chi connectivity index (χ0n) is 8.90. The molecule has 1 aliphatic heterocycles. The Balaban J connectivity index is 2.37. The third-order valence-corrected chi connectivity index (χ3v) is 2.44. The van der Waals surface area contributed by atoms with Crippen molar-refractivity contribution in [2.45, 2.75) is 6.92 Å². The molecule has 0 bridgehead atoms. The number of carbonyl (C=O) groups excluding carboxylic acids is 2. The summed E-state index contributed by atoms with van der Waals surface area (Å²) < 4.78 is 5.31. The molecule has 0 aromatic heterocycles. The van der Waals surface area contributed by atoms with Crippen LogP contribution in [-0.4, -0.2) is 25.5 Å². The van der Waals surface area contributed by atoms with Crippen LogP contribution in [0.5, 0.6) is 5.75 Å². The van der Waals surface area contributed by atoms with Gasteiger partial charge in [-0.15, -0.1) is 0 Å². The van der Waals surface area contributed by atoms with Crippen LogP contribution >= 0.6 is 0 Å². The number of amides is 2. The molecule has 84 valence electrons. The van der Waals surface area contributed by atoms with Gasteiger partial charge in [0.05, 0.1) is 5.69 Å². The number of benzene rings is 1. The highest BCUT2D eigenvalue weighted by Gasteiger charge is 2.23. The van der Waals surface area contributed by atoms with Crippen LogP contribution in [0, 0.1) is 0 Å². The Morgan fingerprint density at radius 3 is 3.06 bits per heavy atom. The fourth-order valence-electron chi connectivity index (χ4n) is 1.71. The Labute approximate surface area is 93.0 Å². The zero-order valence-corrected chi connectivity index (χ0v) is 8.90. The summed E-state index contributed by atoms with van der Waals surface area (Å²) in [4.78, 5) is 23.5. The first kappa shape index (κ1) is 10.5. The van der Waals surface area contributed by atoms with Crippen LogP contribution < -0.4 is 15.0 Å². The Morgan fingerprint density at radius 1 is 1.56 bits per heavy atom. The summed E-state index contributed by atoms with van der Waals surface area (Å²) in [6, 6.07) is 5.21. The molecular weight excluding hydrogens is 208 g/mol. The summed E-state index contributed by atoms with van der Waals surface area (Å²) in [5.41, 5.74) is 1.40. The molecule has 1 aromatic carbocycles. The highest BCUT2D eigenvalue weighted by Crippen LogP contribution is 2.34. The standard InChI is InChI=1S/C11H12N2O3/c1-2-13-9-4-3-8(12-7-14)5-10(9)16-6-11(13)15/h3-5,7H,2,6H2,1H3,(H,12,14). The molecule has 5 nitrogen and oxygen atoms in total. The van der Waals surface area contributed by atoms with Gasteiger partial charge in [0.2, 0.25) is 6.41 Å². The number of fused-ring (bicyclic) bond motifs is 1. The van der Waals surface area contributed by atoms with E-state index in [0.717, 1.165) is 5.69 Å². The summed E-state index contributed by atoms with van der Waals surface area (Å²) in [6.07, 6.45) is 0.604. The first-order valence-corrected chi connectivity index (χ1v) is 5.03. The van der Waals surface area contributed by atoms with Crippen LogP contribution in [0.15, 0.2) is 18.2 Å². The van der Waals surface area contributed by atoms with Gasteiger partial charge in [-0.05, 0) is 19.1 Å². The quantitative estimate of drug-likeness (QED) is 0.773. The van der Waals surface area contributed by atoms with E-state index in [-0.39, 0.29) is 12.5 Å². The number of ether oxygens (including phenoxy) is 1. The van der Waals surface area contributed by atoms with Gasteiger partial charge in [0.15, 0.2) is 6.61 Å². The maximum absolute atomic E-state index is 11.5. The number of anilines is 2. The molecule has 16 heavy (non-hydrogen) atoms. The van der Waals surface area contributed by atoms with Crippen LogP contribution in [0.25, 0.3) is 0 Å². The minimum absolute atomic E-state index is 0.0470.